The molecule has 2 aromatic rings. The van der Waals surface area contributed by atoms with Crippen LogP contribution in [0.5, 0.6) is 0 Å². The average molecular weight is 514 g/mol. The van der Waals surface area contributed by atoms with Crippen LogP contribution in [-0.2, 0) is 28.0 Å². The maximum atomic E-state index is 13.3. The van der Waals surface area contributed by atoms with Gasteiger partial charge in [-0.1, -0.05) is 85.9 Å². The number of hydrogen-bond acceptors (Lipinski definition) is 2. The molecule has 0 aromatic heterocycles. The first kappa shape index (κ1) is 25.5. The minimum absolute atomic E-state index is 0.00365. The minimum atomic E-state index is -0.514. The Balaban J connectivity index is 1.70. The Bertz CT molecular complexity index is 943. The summed E-state index contributed by atoms with van der Waals surface area (Å²) in [5.41, 5.74) is 3.54. The standard InChI is InChI=1S/C28H37BrN2O2/c1-20(27(33)30-25-10-5-6-11-25)31(19-22-8-7-9-24(29)18-22)26(32)17-14-21-12-15-23(16-13-21)28(2,3)4/h7-9,12-13,15-16,18,20,25H,5-6,10-11,14,17,19H2,1-4H3,(H,30,33)/t20-/m0/s1. The maximum absolute atomic E-state index is 13.3. The van der Waals surface area contributed by atoms with Gasteiger partial charge < -0.3 is 10.2 Å². The van der Waals surface area contributed by atoms with E-state index in [1.165, 1.54) is 5.56 Å². The third kappa shape index (κ3) is 7.43. The molecule has 0 saturated heterocycles. The molecule has 0 radical (unpaired) electrons. The summed E-state index contributed by atoms with van der Waals surface area (Å²) in [7, 11) is 0. The lowest BCUT2D eigenvalue weighted by Crippen LogP contribution is -2.49. The number of hydrogen-bond donors (Lipinski definition) is 1. The van der Waals surface area contributed by atoms with Gasteiger partial charge in [-0.05, 0) is 60.4 Å². The maximum Gasteiger partial charge on any atom is 0.242 e. The third-order valence-corrected chi connectivity index (χ3v) is 7.05. The molecule has 33 heavy (non-hydrogen) atoms. The number of aryl methyl sites for hydroxylation is 1. The predicted molar refractivity (Wildman–Crippen MR) is 138 cm³/mol. The predicted octanol–water partition coefficient (Wildman–Crippen LogP) is 6.16. The van der Waals surface area contributed by atoms with Crippen LogP contribution < -0.4 is 5.32 Å². The number of benzene rings is 2. The highest BCUT2D eigenvalue weighted by molar-refractivity contribution is 9.10. The molecule has 3 rings (SSSR count). The van der Waals surface area contributed by atoms with E-state index in [-0.39, 0.29) is 23.3 Å². The summed E-state index contributed by atoms with van der Waals surface area (Å²) in [6.45, 7) is 8.86. The molecular formula is C28H37BrN2O2. The van der Waals surface area contributed by atoms with E-state index in [4.69, 9.17) is 0 Å². The lowest BCUT2D eigenvalue weighted by atomic mass is 9.86. The molecule has 1 fully saturated rings. The van der Waals surface area contributed by atoms with E-state index >= 15 is 0 Å². The lowest BCUT2D eigenvalue weighted by Gasteiger charge is -2.30. The van der Waals surface area contributed by atoms with Crippen LogP contribution in [0.4, 0.5) is 0 Å². The first-order valence-electron chi connectivity index (χ1n) is 12.1. The van der Waals surface area contributed by atoms with Crippen molar-refractivity contribution in [3.05, 3.63) is 69.7 Å². The molecular weight excluding hydrogens is 476 g/mol. The van der Waals surface area contributed by atoms with E-state index in [0.717, 1.165) is 41.3 Å². The first-order valence-corrected chi connectivity index (χ1v) is 12.9. The number of carbonyl (C=O) groups excluding carboxylic acids is 2. The number of halogens is 1. The topological polar surface area (TPSA) is 49.4 Å². The van der Waals surface area contributed by atoms with Gasteiger partial charge in [-0.25, -0.2) is 0 Å². The van der Waals surface area contributed by atoms with Crippen LogP contribution in [0.2, 0.25) is 0 Å². The highest BCUT2D eigenvalue weighted by atomic mass is 79.9. The van der Waals surface area contributed by atoms with Crippen LogP contribution >= 0.6 is 15.9 Å². The van der Waals surface area contributed by atoms with Crippen LogP contribution in [0.15, 0.2) is 53.0 Å². The molecule has 0 heterocycles. The molecule has 2 amide bonds. The number of nitrogens with zero attached hydrogens (tertiary/aromatic N) is 1. The van der Waals surface area contributed by atoms with Crippen LogP contribution in [0.25, 0.3) is 0 Å². The molecule has 1 atom stereocenters. The van der Waals surface area contributed by atoms with E-state index in [2.05, 4.69) is 66.3 Å². The Hall–Kier alpha value is -2.14. The minimum Gasteiger partial charge on any atom is -0.352 e. The van der Waals surface area contributed by atoms with Crippen molar-refractivity contribution < 1.29 is 9.59 Å². The second-order valence-corrected chi connectivity index (χ2v) is 11.2. The van der Waals surface area contributed by atoms with Crippen LogP contribution in [0.1, 0.15) is 76.5 Å². The summed E-state index contributed by atoms with van der Waals surface area (Å²) in [4.78, 5) is 28.1. The van der Waals surface area contributed by atoms with Gasteiger partial charge >= 0.3 is 0 Å². The summed E-state index contributed by atoms with van der Waals surface area (Å²) in [5.74, 6) is -0.0521. The summed E-state index contributed by atoms with van der Waals surface area (Å²) in [5, 5.41) is 3.16. The Labute approximate surface area is 207 Å². The first-order chi connectivity index (χ1) is 15.6. The van der Waals surface area contributed by atoms with Gasteiger partial charge in [0, 0.05) is 23.5 Å². The molecule has 0 aliphatic heterocycles. The normalized spacial score (nSPS) is 15.3. The molecule has 0 bridgehead atoms. The summed E-state index contributed by atoms with van der Waals surface area (Å²) < 4.78 is 0.967. The molecule has 1 aliphatic carbocycles. The number of carbonyl (C=O) groups is 2. The molecule has 5 heteroatoms. The van der Waals surface area contributed by atoms with Gasteiger partial charge in [0.15, 0.2) is 0 Å². The number of nitrogens with one attached hydrogen (secondary N) is 1. The van der Waals surface area contributed by atoms with Crippen molar-refractivity contribution in [1.29, 1.82) is 0 Å². The van der Waals surface area contributed by atoms with Gasteiger partial charge in [0.25, 0.3) is 0 Å². The Morgan fingerprint density at radius 2 is 1.73 bits per heavy atom. The molecule has 2 aromatic carbocycles. The Morgan fingerprint density at radius 1 is 1.06 bits per heavy atom. The number of rotatable bonds is 8. The van der Waals surface area contributed by atoms with Crippen molar-refractivity contribution in [3.8, 4) is 0 Å². The van der Waals surface area contributed by atoms with Gasteiger partial charge in [-0.2, -0.15) is 0 Å². The van der Waals surface area contributed by atoms with Crippen LogP contribution in [0, 0.1) is 0 Å². The Kier molecular flexibility index (Phi) is 8.75. The van der Waals surface area contributed by atoms with Crippen molar-refractivity contribution in [3.63, 3.8) is 0 Å². The summed E-state index contributed by atoms with van der Waals surface area (Å²) in [6, 6.07) is 16.2. The van der Waals surface area contributed by atoms with E-state index in [1.54, 1.807) is 4.90 Å². The quantitative estimate of drug-likeness (QED) is 0.460. The summed E-state index contributed by atoms with van der Waals surface area (Å²) in [6.07, 6.45) is 5.42. The monoisotopic (exact) mass is 512 g/mol. The van der Waals surface area contributed by atoms with E-state index in [1.807, 2.05) is 31.2 Å². The molecule has 0 spiro atoms. The molecule has 178 valence electrons. The smallest absolute Gasteiger partial charge is 0.242 e. The fraction of sp³-hybridized carbons (Fsp3) is 0.500. The fourth-order valence-corrected chi connectivity index (χ4v) is 4.82. The molecule has 0 unspecified atom stereocenters. The van der Waals surface area contributed by atoms with Crippen molar-refractivity contribution in [2.75, 3.05) is 0 Å². The Morgan fingerprint density at radius 3 is 2.33 bits per heavy atom. The number of amides is 2. The van der Waals surface area contributed by atoms with Crippen molar-refractivity contribution in [2.24, 2.45) is 0 Å². The zero-order valence-electron chi connectivity index (χ0n) is 20.4. The zero-order chi connectivity index (χ0) is 24.0. The molecule has 1 saturated carbocycles. The largest absolute Gasteiger partial charge is 0.352 e. The van der Waals surface area contributed by atoms with Crippen molar-refractivity contribution >= 4 is 27.7 Å². The van der Waals surface area contributed by atoms with Crippen molar-refractivity contribution in [2.45, 2.75) is 90.3 Å². The average Bonchev–Trinajstić information content (AvgIpc) is 3.28. The SMILES string of the molecule is C[C@@H](C(=O)NC1CCCC1)N(Cc1cccc(Br)c1)C(=O)CCc1ccc(C(C)(C)C)cc1. The fourth-order valence-electron chi connectivity index (χ4n) is 4.37. The van der Waals surface area contributed by atoms with Gasteiger partial charge in [0.2, 0.25) is 11.8 Å². The summed E-state index contributed by atoms with van der Waals surface area (Å²) >= 11 is 3.51. The second kappa shape index (κ2) is 11.3. The second-order valence-electron chi connectivity index (χ2n) is 10.3. The van der Waals surface area contributed by atoms with Crippen LogP contribution in [-0.4, -0.2) is 28.8 Å². The van der Waals surface area contributed by atoms with E-state index in [9.17, 15) is 9.59 Å². The highest BCUT2D eigenvalue weighted by Crippen LogP contribution is 2.23. The third-order valence-electron chi connectivity index (χ3n) is 6.56. The molecule has 1 aliphatic rings. The highest BCUT2D eigenvalue weighted by Gasteiger charge is 2.28. The molecule has 4 nitrogen and oxygen atoms in total. The molecule has 1 N–H and O–H groups in total. The van der Waals surface area contributed by atoms with Gasteiger partial charge in [-0.3, -0.25) is 9.59 Å². The van der Waals surface area contributed by atoms with Gasteiger partial charge in [0.05, 0.1) is 0 Å². The van der Waals surface area contributed by atoms with Gasteiger partial charge in [0.1, 0.15) is 6.04 Å². The van der Waals surface area contributed by atoms with Crippen molar-refractivity contribution in [1.82, 2.24) is 10.2 Å². The lowest BCUT2D eigenvalue weighted by molar-refractivity contribution is -0.140. The van der Waals surface area contributed by atoms with Gasteiger partial charge in [-0.15, -0.1) is 0 Å². The zero-order valence-corrected chi connectivity index (χ0v) is 22.0. The van der Waals surface area contributed by atoms with Crippen LogP contribution in [0.3, 0.4) is 0 Å². The van der Waals surface area contributed by atoms with E-state index < -0.39 is 6.04 Å². The van der Waals surface area contributed by atoms with E-state index in [0.29, 0.717) is 19.4 Å².